The number of H-pyrrole nitrogens is 1. The predicted molar refractivity (Wildman–Crippen MR) is 60.8 cm³/mol. The molecule has 18 heavy (non-hydrogen) atoms. The van der Waals surface area contributed by atoms with Crippen molar-refractivity contribution in [1.82, 2.24) is 4.98 Å². The number of nitro groups is 1. The number of hydrogen-bond donors (Lipinski definition) is 1. The number of benzene rings is 1. The molecule has 5 nitrogen and oxygen atoms in total. The van der Waals surface area contributed by atoms with Gasteiger partial charge in [-0.1, -0.05) is 0 Å². The van der Waals surface area contributed by atoms with Crippen LogP contribution in [0.3, 0.4) is 0 Å². The molecule has 7 heteroatoms. The maximum absolute atomic E-state index is 14.0. The van der Waals surface area contributed by atoms with Crippen molar-refractivity contribution in [2.45, 2.75) is 0 Å². The molecule has 0 saturated carbocycles. The fourth-order valence-electron chi connectivity index (χ4n) is 1.68. The van der Waals surface area contributed by atoms with Gasteiger partial charge in [-0.2, -0.15) is 0 Å². The highest BCUT2D eigenvalue weighted by Gasteiger charge is 2.17. The number of nitrogens with one attached hydrogen (secondary N) is 1. The van der Waals surface area contributed by atoms with Crippen LogP contribution in [0.1, 0.15) is 5.56 Å². The van der Waals surface area contributed by atoms with E-state index >= 15 is 0 Å². The summed E-state index contributed by atoms with van der Waals surface area (Å²) in [6.07, 6.45) is 3.16. The van der Waals surface area contributed by atoms with E-state index in [1.807, 2.05) is 0 Å². The van der Waals surface area contributed by atoms with Gasteiger partial charge in [0.05, 0.1) is 17.5 Å². The van der Waals surface area contributed by atoms with Gasteiger partial charge in [-0.15, -0.1) is 0 Å². The molecule has 0 radical (unpaired) electrons. The molecule has 0 fully saturated rings. The Morgan fingerprint density at radius 3 is 2.83 bits per heavy atom. The second kappa shape index (κ2) is 4.44. The molecular weight excluding hydrogens is 246 g/mol. The van der Waals surface area contributed by atoms with Crippen molar-refractivity contribution >= 4 is 17.0 Å². The minimum absolute atomic E-state index is 0.0475. The first-order valence-electron chi connectivity index (χ1n) is 4.89. The van der Waals surface area contributed by atoms with Crippen LogP contribution in [0.25, 0.3) is 17.0 Å². The largest absolute Gasteiger partial charge is 0.491 e. The Hall–Kier alpha value is -2.44. The summed E-state index contributed by atoms with van der Waals surface area (Å²) in [4.78, 5) is 12.2. The van der Waals surface area contributed by atoms with E-state index in [9.17, 15) is 18.9 Å². The molecule has 2 aromatic rings. The molecule has 0 amide bonds. The number of rotatable bonds is 3. The summed E-state index contributed by atoms with van der Waals surface area (Å²) >= 11 is 0. The predicted octanol–water partition coefficient (Wildman–Crippen LogP) is 2.70. The number of halogens is 2. The van der Waals surface area contributed by atoms with Gasteiger partial charge in [0.15, 0.2) is 17.4 Å². The van der Waals surface area contributed by atoms with Crippen molar-refractivity contribution < 1.29 is 18.4 Å². The molecule has 1 N–H and O–H groups in total. The lowest BCUT2D eigenvalue weighted by Gasteiger charge is -2.04. The van der Waals surface area contributed by atoms with Gasteiger partial charge in [0, 0.05) is 29.3 Å². The molecule has 0 saturated heterocycles. The first-order chi connectivity index (χ1) is 8.54. The first-order valence-corrected chi connectivity index (χ1v) is 4.89. The van der Waals surface area contributed by atoms with Crippen molar-refractivity contribution in [3.63, 3.8) is 0 Å². The smallest absolute Gasteiger partial charge is 0.235 e. The van der Waals surface area contributed by atoms with Gasteiger partial charge in [-0.3, -0.25) is 10.1 Å². The second-order valence-corrected chi connectivity index (χ2v) is 3.47. The molecule has 0 aliphatic heterocycles. The zero-order valence-electron chi connectivity index (χ0n) is 9.24. The van der Waals surface area contributed by atoms with E-state index in [4.69, 9.17) is 0 Å². The monoisotopic (exact) mass is 254 g/mol. The van der Waals surface area contributed by atoms with Gasteiger partial charge in [0.2, 0.25) is 6.20 Å². The molecule has 94 valence electrons. The van der Waals surface area contributed by atoms with E-state index in [1.54, 1.807) is 0 Å². The number of fused-ring (bicyclic) bond motifs is 1. The summed E-state index contributed by atoms with van der Waals surface area (Å²) in [6.45, 7) is 0. The van der Waals surface area contributed by atoms with Crippen molar-refractivity contribution in [1.29, 1.82) is 0 Å². The van der Waals surface area contributed by atoms with Crippen molar-refractivity contribution in [3.8, 4) is 5.75 Å². The average molecular weight is 254 g/mol. The van der Waals surface area contributed by atoms with Crippen LogP contribution in [-0.2, 0) is 0 Å². The number of ether oxygens (including phenoxy) is 1. The zero-order chi connectivity index (χ0) is 13.3. The quantitative estimate of drug-likeness (QED) is 0.676. The summed E-state index contributed by atoms with van der Waals surface area (Å²) in [5, 5.41) is 10.3. The molecule has 0 aliphatic carbocycles. The van der Waals surface area contributed by atoms with E-state index in [0.717, 1.165) is 19.3 Å². The van der Waals surface area contributed by atoms with Crippen molar-refractivity contribution in [2.75, 3.05) is 7.11 Å². The molecule has 0 bridgehead atoms. The highest BCUT2D eigenvalue weighted by molar-refractivity contribution is 5.90. The number of nitrogens with zero attached hydrogens (tertiary/aromatic N) is 1. The number of hydrogen-bond acceptors (Lipinski definition) is 3. The van der Waals surface area contributed by atoms with Crippen molar-refractivity contribution in [2.24, 2.45) is 0 Å². The molecule has 0 atom stereocenters. The maximum Gasteiger partial charge on any atom is 0.235 e. The molecule has 1 aromatic carbocycles. The van der Waals surface area contributed by atoms with Gasteiger partial charge in [-0.05, 0) is 0 Å². The third kappa shape index (κ3) is 1.90. The van der Waals surface area contributed by atoms with E-state index in [0.29, 0.717) is 6.20 Å². The Labute approximate surface area is 99.8 Å². The minimum Gasteiger partial charge on any atom is -0.491 e. The van der Waals surface area contributed by atoms with Crippen LogP contribution in [0, 0.1) is 21.7 Å². The van der Waals surface area contributed by atoms with Crippen LogP contribution < -0.4 is 4.74 Å². The second-order valence-electron chi connectivity index (χ2n) is 3.47. The standard InChI is InChI=1S/C11H8F2N2O3/c1-18-11-7(12)4-8-9(10(11)13)6(5-14-8)2-3-15(16)17/h2-5,14H,1H3/b3-2+. The molecule has 0 spiro atoms. The molecule has 1 heterocycles. The fourth-order valence-corrected chi connectivity index (χ4v) is 1.68. The fraction of sp³-hybridized carbons (Fsp3) is 0.0909. The van der Waals surface area contributed by atoms with E-state index in [-0.39, 0.29) is 16.5 Å². The summed E-state index contributed by atoms with van der Waals surface area (Å²) in [5.74, 6) is -2.25. The summed E-state index contributed by atoms with van der Waals surface area (Å²) in [5.41, 5.74) is 0.450. The van der Waals surface area contributed by atoms with Crippen LogP contribution in [0.2, 0.25) is 0 Å². The third-order valence-electron chi connectivity index (χ3n) is 2.43. The van der Waals surface area contributed by atoms with E-state index in [1.165, 1.54) is 6.20 Å². The lowest BCUT2D eigenvalue weighted by atomic mass is 10.1. The lowest BCUT2D eigenvalue weighted by molar-refractivity contribution is -0.400. The first kappa shape index (κ1) is 12.0. The Morgan fingerprint density at radius 1 is 1.50 bits per heavy atom. The van der Waals surface area contributed by atoms with Gasteiger partial charge >= 0.3 is 0 Å². The number of aromatic amines is 1. The van der Waals surface area contributed by atoms with Crippen LogP contribution in [0.15, 0.2) is 18.5 Å². The normalized spacial score (nSPS) is 11.3. The minimum atomic E-state index is -0.892. The molecule has 1 aromatic heterocycles. The highest BCUT2D eigenvalue weighted by atomic mass is 19.1. The Morgan fingerprint density at radius 2 is 2.22 bits per heavy atom. The van der Waals surface area contributed by atoms with Gasteiger partial charge in [-0.25, -0.2) is 8.78 Å². The van der Waals surface area contributed by atoms with E-state index in [2.05, 4.69) is 9.72 Å². The SMILES string of the molecule is COc1c(F)cc2[nH]cc(/C=C/[N+](=O)[O-])c2c1F. The van der Waals surface area contributed by atoms with Gasteiger partial charge in [0.1, 0.15) is 0 Å². The number of aromatic nitrogens is 1. The summed E-state index contributed by atoms with van der Waals surface area (Å²) < 4.78 is 32.0. The van der Waals surface area contributed by atoms with Crippen LogP contribution in [-0.4, -0.2) is 17.0 Å². The Balaban J connectivity index is 2.68. The third-order valence-corrected chi connectivity index (χ3v) is 2.43. The lowest BCUT2D eigenvalue weighted by Crippen LogP contribution is -1.93. The molecule has 0 unspecified atom stereocenters. The average Bonchev–Trinajstić information content (AvgIpc) is 2.70. The van der Waals surface area contributed by atoms with E-state index < -0.39 is 22.3 Å². The van der Waals surface area contributed by atoms with Crippen LogP contribution in [0.4, 0.5) is 8.78 Å². The maximum atomic E-state index is 14.0. The summed E-state index contributed by atoms with van der Waals surface area (Å²) in [6, 6.07) is 1.07. The summed E-state index contributed by atoms with van der Waals surface area (Å²) in [7, 11) is 1.15. The highest BCUT2D eigenvalue weighted by Crippen LogP contribution is 2.31. The Bertz CT molecular complexity index is 649. The van der Waals surface area contributed by atoms with Crippen molar-refractivity contribution in [3.05, 3.63) is 45.8 Å². The zero-order valence-corrected chi connectivity index (χ0v) is 9.24. The molecular formula is C11H8F2N2O3. The molecule has 2 rings (SSSR count). The number of methoxy groups -OCH3 is 1. The van der Waals surface area contributed by atoms with Gasteiger partial charge < -0.3 is 9.72 Å². The topological polar surface area (TPSA) is 68.2 Å². The molecule has 0 aliphatic rings. The Kier molecular flexibility index (Phi) is 2.97. The van der Waals surface area contributed by atoms with Gasteiger partial charge in [0.25, 0.3) is 0 Å². The van der Waals surface area contributed by atoms with Crippen LogP contribution >= 0.6 is 0 Å². The van der Waals surface area contributed by atoms with Crippen LogP contribution in [0.5, 0.6) is 5.75 Å².